The van der Waals surface area contributed by atoms with Gasteiger partial charge in [-0.15, -0.1) is 0 Å². The highest BCUT2D eigenvalue weighted by Gasteiger charge is 2.12. The molecule has 0 saturated carbocycles. The maximum Gasteiger partial charge on any atom is 0.208 e. The minimum absolute atomic E-state index is 0.0234. The van der Waals surface area contributed by atoms with Gasteiger partial charge >= 0.3 is 0 Å². The third kappa shape index (κ3) is 13.2. The summed E-state index contributed by atoms with van der Waals surface area (Å²) in [5.41, 5.74) is 1.60. The number of carbonyl (C=O) groups is 3. The molecule has 4 rings (SSSR count). The van der Waals surface area contributed by atoms with Gasteiger partial charge in [-0.2, -0.15) is 15.3 Å². The van der Waals surface area contributed by atoms with Crippen LogP contribution in [0.15, 0.2) is 100 Å². The van der Waals surface area contributed by atoms with Crippen LogP contribution >= 0.6 is 23.2 Å². The van der Waals surface area contributed by atoms with Crippen LogP contribution in [0.3, 0.4) is 0 Å². The van der Waals surface area contributed by atoms with E-state index in [1.807, 2.05) is 0 Å². The monoisotopic (exact) mass is 714 g/mol. The van der Waals surface area contributed by atoms with E-state index < -0.39 is 23.3 Å². The zero-order valence-electron chi connectivity index (χ0n) is 26.9. The number of hydrogen-bond acceptors (Lipinski definition) is 7. The molecule has 0 aliphatic rings. The van der Waals surface area contributed by atoms with E-state index in [0.29, 0.717) is 26.9 Å². The van der Waals surface area contributed by atoms with E-state index in [9.17, 15) is 31.9 Å². The predicted molar refractivity (Wildman–Crippen MR) is 186 cm³/mol. The number of benzene rings is 4. The van der Waals surface area contributed by atoms with Crippen molar-refractivity contribution >= 4 is 57.7 Å². The van der Waals surface area contributed by atoms with Gasteiger partial charge in [-0.05, 0) is 100 Å². The van der Waals surface area contributed by atoms with Gasteiger partial charge in [0, 0.05) is 50.9 Å². The molecule has 0 spiro atoms. The summed E-state index contributed by atoms with van der Waals surface area (Å²) in [7, 11) is 0. The molecule has 0 fully saturated rings. The van der Waals surface area contributed by atoms with E-state index in [-0.39, 0.29) is 52.7 Å². The molecule has 256 valence electrons. The van der Waals surface area contributed by atoms with E-state index in [1.165, 1.54) is 38.1 Å². The SMILES string of the molecule is C/C(=N/N)C(=O)c1ccc(Cl)cc1.C/C(Cc1c(F)cccc1F)=N/N=C(/C)C(=O)c1ccc(Cl)cc1.CC(=O)Cc1c(F)cccc1F. The summed E-state index contributed by atoms with van der Waals surface area (Å²) in [4.78, 5) is 34.2. The van der Waals surface area contributed by atoms with Gasteiger partial charge in [-0.25, -0.2) is 17.6 Å². The fraction of sp³-hybridized carbons (Fsp3) is 0.167. The average Bonchev–Trinajstić information content (AvgIpc) is 3.07. The lowest BCUT2D eigenvalue weighted by molar-refractivity contribution is -0.116. The summed E-state index contributed by atoms with van der Waals surface area (Å²) in [6.45, 7) is 5.98. The third-order valence-corrected chi connectivity index (χ3v) is 6.92. The van der Waals surface area contributed by atoms with Crippen LogP contribution in [0.5, 0.6) is 0 Å². The summed E-state index contributed by atoms with van der Waals surface area (Å²) in [5, 5.41) is 12.2. The second-order valence-corrected chi connectivity index (χ2v) is 11.2. The van der Waals surface area contributed by atoms with E-state index in [4.69, 9.17) is 29.0 Å². The van der Waals surface area contributed by atoms with Crippen LogP contribution in [0.25, 0.3) is 0 Å². The van der Waals surface area contributed by atoms with E-state index in [0.717, 1.165) is 12.1 Å². The first kappa shape index (κ1) is 40.2. The van der Waals surface area contributed by atoms with Gasteiger partial charge in [-0.3, -0.25) is 14.4 Å². The van der Waals surface area contributed by atoms with Gasteiger partial charge in [0.15, 0.2) is 0 Å². The smallest absolute Gasteiger partial charge is 0.208 e. The number of carbonyl (C=O) groups excluding carboxylic acids is 3. The summed E-state index contributed by atoms with van der Waals surface area (Å²) in [6.07, 6.45) is -0.205. The van der Waals surface area contributed by atoms with E-state index in [1.54, 1.807) is 62.4 Å². The average molecular weight is 716 g/mol. The van der Waals surface area contributed by atoms with Crippen LogP contribution in [-0.2, 0) is 17.6 Å². The van der Waals surface area contributed by atoms with Crippen LogP contribution in [0, 0.1) is 23.3 Å². The van der Waals surface area contributed by atoms with Crippen molar-refractivity contribution in [2.75, 3.05) is 0 Å². The Bertz CT molecular complexity index is 1840. The van der Waals surface area contributed by atoms with Crippen LogP contribution in [-0.4, -0.2) is 34.5 Å². The van der Waals surface area contributed by atoms with Crippen molar-refractivity contribution in [2.24, 2.45) is 21.1 Å². The molecule has 0 aliphatic carbocycles. The number of rotatable bonds is 9. The lowest BCUT2D eigenvalue weighted by atomic mass is 10.1. The van der Waals surface area contributed by atoms with Gasteiger partial charge in [-0.1, -0.05) is 35.3 Å². The molecule has 0 heterocycles. The molecule has 0 saturated heterocycles. The topological polar surface area (TPSA) is 114 Å². The Balaban J connectivity index is 0.000000281. The Morgan fingerprint density at radius 1 is 0.571 bits per heavy atom. The van der Waals surface area contributed by atoms with Gasteiger partial charge in [0.2, 0.25) is 11.6 Å². The highest BCUT2D eigenvalue weighted by molar-refractivity contribution is 6.45. The molecular formula is C36H32Cl2F4N4O3. The van der Waals surface area contributed by atoms with Crippen molar-refractivity contribution in [2.45, 2.75) is 40.5 Å². The second kappa shape index (κ2) is 19.7. The third-order valence-electron chi connectivity index (χ3n) is 6.42. The Morgan fingerprint density at radius 3 is 1.31 bits per heavy atom. The largest absolute Gasteiger partial charge is 0.323 e. The predicted octanol–water partition coefficient (Wildman–Crippen LogP) is 8.83. The number of halogens is 6. The van der Waals surface area contributed by atoms with Crippen LogP contribution in [0.4, 0.5) is 17.6 Å². The first-order valence-corrected chi connectivity index (χ1v) is 15.2. The zero-order chi connectivity index (χ0) is 36.7. The summed E-state index contributed by atoms with van der Waals surface area (Å²) in [5.74, 6) is 1.66. The van der Waals surface area contributed by atoms with E-state index in [2.05, 4.69) is 15.3 Å². The normalized spacial score (nSPS) is 11.5. The van der Waals surface area contributed by atoms with Gasteiger partial charge in [0.1, 0.15) is 40.5 Å². The van der Waals surface area contributed by atoms with E-state index >= 15 is 0 Å². The molecule has 0 radical (unpaired) electrons. The van der Waals surface area contributed by atoms with Gasteiger partial charge in [0.05, 0.1) is 0 Å². The van der Waals surface area contributed by atoms with Gasteiger partial charge in [0.25, 0.3) is 0 Å². The molecule has 4 aromatic rings. The minimum atomic E-state index is -0.662. The molecule has 0 aliphatic heterocycles. The van der Waals surface area contributed by atoms with Crippen molar-refractivity contribution in [1.82, 2.24) is 0 Å². The summed E-state index contributed by atoms with van der Waals surface area (Å²) >= 11 is 11.4. The zero-order valence-corrected chi connectivity index (χ0v) is 28.4. The summed E-state index contributed by atoms with van der Waals surface area (Å²) < 4.78 is 52.8. The lowest BCUT2D eigenvalue weighted by Gasteiger charge is -2.04. The second-order valence-electron chi connectivity index (χ2n) is 10.4. The number of Topliss-reactive ketones (excluding diaryl/α,β-unsaturated/α-hetero) is 3. The molecular weight excluding hydrogens is 683 g/mol. The minimum Gasteiger partial charge on any atom is -0.323 e. The first-order valence-electron chi connectivity index (χ1n) is 14.4. The highest BCUT2D eigenvalue weighted by Crippen LogP contribution is 2.15. The lowest BCUT2D eigenvalue weighted by Crippen LogP contribution is -2.12. The summed E-state index contributed by atoms with van der Waals surface area (Å²) in [6, 6.07) is 20.2. The van der Waals surface area contributed by atoms with Crippen LogP contribution in [0.1, 0.15) is 59.5 Å². The Labute approximate surface area is 291 Å². The van der Waals surface area contributed by atoms with Crippen molar-refractivity contribution in [3.05, 3.63) is 140 Å². The molecule has 0 aromatic heterocycles. The van der Waals surface area contributed by atoms with Crippen molar-refractivity contribution in [1.29, 1.82) is 0 Å². The molecule has 2 N–H and O–H groups in total. The first-order chi connectivity index (χ1) is 23.1. The maximum atomic E-state index is 13.6. The molecule has 7 nitrogen and oxygen atoms in total. The number of ketones is 3. The Morgan fingerprint density at radius 2 is 0.939 bits per heavy atom. The van der Waals surface area contributed by atoms with Crippen molar-refractivity contribution in [3.8, 4) is 0 Å². The van der Waals surface area contributed by atoms with Crippen LogP contribution < -0.4 is 5.84 Å². The van der Waals surface area contributed by atoms with Crippen molar-refractivity contribution < 1.29 is 31.9 Å². The molecule has 49 heavy (non-hydrogen) atoms. The molecule has 13 heteroatoms. The molecule has 0 unspecified atom stereocenters. The Hall–Kier alpha value is -5.00. The quantitative estimate of drug-likeness (QED) is 0.0613. The Kier molecular flexibility index (Phi) is 16.2. The molecule has 0 atom stereocenters. The number of hydrazone groups is 1. The number of nitrogens with zero attached hydrogens (tertiary/aromatic N) is 3. The fourth-order valence-electron chi connectivity index (χ4n) is 3.83. The molecule has 4 aromatic carbocycles. The maximum absolute atomic E-state index is 13.6. The number of nitrogens with two attached hydrogens (primary N) is 1. The number of hydrogen-bond donors (Lipinski definition) is 1. The molecule has 0 bridgehead atoms. The standard InChI is InChI=1S/C18H15ClF2N2O.C9H9ClN2O.C9H8F2O/c1-11(10-15-16(20)4-3-5-17(15)21)22-23-12(2)18(24)13-6-8-14(19)9-7-13;1-6(12-11)9(13)7-2-4-8(10)5-3-7;1-6(12)5-7-8(10)3-2-4-9(7)11/h3-9H,10H2,1-2H3;2-5H,11H2,1H3;2-4H,5H2,1H3/b22-11-,23-12-;12-6-;. The highest BCUT2D eigenvalue weighted by atomic mass is 35.5. The van der Waals surface area contributed by atoms with Crippen molar-refractivity contribution in [3.63, 3.8) is 0 Å². The van der Waals surface area contributed by atoms with Crippen LogP contribution in [0.2, 0.25) is 10.0 Å². The molecule has 0 amide bonds. The van der Waals surface area contributed by atoms with Gasteiger partial charge < -0.3 is 5.84 Å². The fourth-order valence-corrected chi connectivity index (χ4v) is 4.08.